The van der Waals surface area contributed by atoms with Crippen LogP contribution in [0.15, 0.2) is 60.8 Å². The predicted octanol–water partition coefficient (Wildman–Crippen LogP) is 5.95. The van der Waals surface area contributed by atoms with Crippen molar-refractivity contribution in [3.8, 4) is 16.9 Å². The Morgan fingerprint density at radius 1 is 1.00 bits per heavy atom. The molecule has 0 bridgehead atoms. The lowest BCUT2D eigenvalue weighted by Crippen LogP contribution is -2.28. The second-order valence-electron chi connectivity index (χ2n) is 8.33. The Bertz CT molecular complexity index is 1460. The van der Waals surface area contributed by atoms with Gasteiger partial charge >= 0.3 is 12.5 Å². The minimum Gasteiger partial charge on any atom is -0.406 e. The lowest BCUT2D eigenvalue weighted by atomic mass is 10.1. The molecule has 4 aromatic rings. The summed E-state index contributed by atoms with van der Waals surface area (Å²) in [7, 11) is 0. The van der Waals surface area contributed by atoms with Crippen molar-refractivity contribution in [3.05, 3.63) is 71.9 Å². The molecule has 1 fully saturated rings. The number of fused-ring (bicyclic) bond motifs is 1. The van der Waals surface area contributed by atoms with Crippen LogP contribution in [0.25, 0.3) is 16.8 Å². The summed E-state index contributed by atoms with van der Waals surface area (Å²) in [6.07, 6.45) is -6.56. The molecular formula is C24H17F6N5O2. The van der Waals surface area contributed by atoms with Gasteiger partial charge in [-0.25, -0.2) is 4.52 Å². The van der Waals surface area contributed by atoms with Crippen molar-refractivity contribution in [3.63, 3.8) is 0 Å². The average Bonchev–Trinajstić information content (AvgIpc) is 3.53. The molecule has 7 nitrogen and oxygen atoms in total. The van der Waals surface area contributed by atoms with Gasteiger partial charge in [0.25, 0.3) is 5.91 Å². The van der Waals surface area contributed by atoms with Gasteiger partial charge in [0.15, 0.2) is 5.65 Å². The zero-order chi connectivity index (χ0) is 26.4. The van der Waals surface area contributed by atoms with E-state index in [0.717, 1.165) is 37.1 Å². The molecule has 37 heavy (non-hydrogen) atoms. The van der Waals surface area contributed by atoms with Crippen molar-refractivity contribution in [2.45, 2.75) is 31.4 Å². The summed E-state index contributed by atoms with van der Waals surface area (Å²) in [6, 6.07) is 11.6. The number of benzene rings is 2. The lowest BCUT2D eigenvalue weighted by molar-refractivity contribution is -0.274. The topological polar surface area (TPSA) is 80.5 Å². The summed E-state index contributed by atoms with van der Waals surface area (Å²) in [5.41, 5.74) is -0.212. The molecule has 1 aliphatic rings. The Morgan fingerprint density at radius 2 is 1.73 bits per heavy atom. The van der Waals surface area contributed by atoms with Gasteiger partial charge in [-0.05, 0) is 60.9 Å². The number of carbonyl (C=O) groups excluding carboxylic acids is 1. The number of halogens is 6. The molecule has 2 aromatic heterocycles. The van der Waals surface area contributed by atoms with Gasteiger partial charge in [0, 0.05) is 23.5 Å². The first-order valence-corrected chi connectivity index (χ1v) is 11.0. The van der Waals surface area contributed by atoms with Crippen molar-refractivity contribution >= 4 is 23.2 Å². The first-order chi connectivity index (χ1) is 17.5. The van der Waals surface area contributed by atoms with Crippen LogP contribution in [0.4, 0.5) is 38.0 Å². The van der Waals surface area contributed by atoms with Crippen LogP contribution in [-0.2, 0) is 6.18 Å². The average molecular weight is 521 g/mol. The molecule has 1 saturated carbocycles. The third-order valence-electron chi connectivity index (χ3n) is 5.50. The number of carbonyl (C=O) groups is 1. The number of rotatable bonds is 6. The minimum atomic E-state index is -4.82. The summed E-state index contributed by atoms with van der Waals surface area (Å²) < 4.78 is 83.6. The largest absolute Gasteiger partial charge is 0.573 e. The van der Waals surface area contributed by atoms with Crippen LogP contribution < -0.4 is 15.4 Å². The normalized spacial score (nSPS) is 14.0. The van der Waals surface area contributed by atoms with Crippen LogP contribution in [0.3, 0.4) is 0 Å². The van der Waals surface area contributed by atoms with Crippen LogP contribution in [-0.4, -0.2) is 32.9 Å². The number of pyridine rings is 1. The molecular weight excluding hydrogens is 504 g/mol. The molecule has 192 valence electrons. The number of anilines is 2. The van der Waals surface area contributed by atoms with E-state index in [9.17, 15) is 31.1 Å². The monoisotopic (exact) mass is 521 g/mol. The van der Waals surface area contributed by atoms with Crippen LogP contribution in [0.1, 0.15) is 28.8 Å². The molecule has 5 rings (SSSR count). The molecule has 2 N–H and O–H groups in total. The molecule has 0 saturated heterocycles. The van der Waals surface area contributed by atoms with E-state index in [-0.39, 0.29) is 23.4 Å². The van der Waals surface area contributed by atoms with E-state index in [1.165, 1.54) is 22.7 Å². The van der Waals surface area contributed by atoms with Crippen LogP contribution in [0.5, 0.6) is 5.75 Å². The number of amides is 1. The van der Waals surface area contributed by atoms with E-state index < -0.39 is 29.6 Å². The van der Waals surface area contributed by atoms with Crippen molar-refractivity contribution in [1.29, 1.82) is 0 Å². The first-order valence-electron chi connectivity index (χ1n) is 11.0. The van der Waals surface area contributed by atoms with Crippen molar-refractivity contribution in [2.75, 3.05) is 5.32 Å². The zero-order valence-electron chi connectivity index (χ0n) is 18.7. The Hall–Kier alpha value is -4.29. The first kappa shape index (κ1) is 24.4. The van der Waals surface area contributed by atoms with E-state index in [4.69, 9.17) is 0 Å². The summed E-state index contributed by atoms with van der Waals surface area (Å²) in [5.74, 6) is -1.20. The molecule has 0 radical (unpaired) electrons. The van der Waals surface area contributed by atoms with Gasteiger partial charge in [-0.3, -0.25) is 4.79 Å². The Balaban J connectivity index is 1.42. The molecule has 0 unspecified atom stereocenters. The van der Waals surface area contributed by atoms with Gasteiger partial charge in [0.05, 0.1) is 11.1 Å². The van der Waals surface area contributed by atoms with Crippen molar-refractivity contribution < 1.29 is 35.9 Å². The molecule has 2 aromatic carbocycles. The van der Waals surface area contributed by atoms with Crippen molar-refractivity contribution in [2.24, 2.45) is 0 Å². The summed E-state index contributed by atoms with van der Waals surface area (Å²) in [6.45, 7) is 0. The number of alkyl halides is 6. The smallest absolute Gasteiger partial charge is 0.406 e. The number of hydrogen-bond donors (Lipinski definition) is 2. The number of nitrogens with zero attached hydrogens (tertiary/aromatic N) is 3. The summed E-state index contributed by atoms with van der Waals surface area (Å²) in [5, 5.41) is 9.49. The maximum Gasteiger partial charge on any atom is 0.573 e. The van der Waals surface area contributed by atoms with Gasteiger partial charge < -0.3 is 15.4 Å². The molecule has 13 heteroatoms. The standard InChI is InChI=1S/C24H17F6N5O2/c25-23(26,27)19-12-15(7-10-18(19)21(36)31-14-5-6-14)32-22-33-20-17(2-1-11-35(20)34-22)13-3-8-16(9-4-13)37-24(28,29)30/h1-4,7-12,14H,5-6H2,(H,31,36)(H,32,34). The predicted molar refractivity (Wildman–Crippen MR) is 120 cm³/mol. The Morgan fingerprint density at radius 3 is 2.38 bits per heavy atom. The number of hydrogen-bond acceptors (Lipinski definition) is 5. The fourth-order valence-corrected chi connectivity index (χ4v) is 3.70. The highest BCUT2D eigenvalue weighted by atomic mass is 19.4. The zero-order valence-corrected chi connectivity index (χ0v) is 18.7. The highest BCUT2D eigenvalue weighted by molar-refractivity contribution is 5.96. The summed E-state index contributed by atoms with van der Waals surface area (Å²) >= 11 is 0. The molecule has 1 aliphatic carbocycles. The van der Waals surface area contributed by atoms with Gasteiger partial charge in [-0.2, -0.15) is 18.2 Å². The van der Waals surface area contributed by atoms with Crippen LogP contribution >= 0.6 is 0 Å². The fraction of sp³-hybridized carbons (Fsp3) is 0.208. The highest BCUT2D eigenvalue weighted by Crippen LogP contribution is 2.35. The highest BCUT2D eigenvalue weighted by Gasteiger charge is 2.37. The molecule has 2 heterocycles. The Kier molecular flexibility index (Phi) is 5.92. The maximum atomic E-state index is 13.7. The van der Waals surface area contributed by atoms with Gasteiger partial charge in [-0.1, -0.05) is 12.1 Å². The molecule has 1 amide bonds. The third kappa shape index (κ3) is 5.60. The van der Waals surface area contributed by atoms with Crippen LogP contribution in [0.2, 0.25) is 0 Å². The Labute approximate surface area is 205 Å². The summed E-state index contributed by atoms with van der Waals surface area (Å²) in [4.78, 5) is 16.6. The second-order valence-corrected chi connectivity index (χ2v) is 8.33. The maximum absolute atomic E-state index is 13.7. The van der Waals surface area contributed by atoms with E-state index >= 15 is 0 Å². The molecule has 0 atom stereocenters. The number of aromatic nitrogens is 3. The van der Waals surface area contributed by atoms with Gasteiger partial charge in [0.1, 0.15) is 5.75 Å². The molecule has 0 spiro atoms. The van der Waals surface area contributed by atoms with E-state index in [1.807, 2.05) is 0 Å². The fourth-order valence-electron chi connectivity index (χ4n) is 3.70. The van der Waals surface area contributed by atoms with E-state index in [0.29, 0.717) is 16.8 Å². The SMILES string of the molecule is O=C(NC1CC1)c1ccc(Nc2nc3c(-c4ccc(OC(F)(F)F)cc4)cccn3n2)cc1C(F)(F)F. The number of nitrogens with one attached hydrogen (secondary N) is 2. The van der Waals surface area contributed by atoms with E-state index in [1.54, 1.807) is 18.3 Å². The quantitative estimate of drug-likeness (QED) is 0.307. The number of ether oxygens (including phenoxy) is 1. The second kappa shape index (κ2) is 8.98. The van der Waals surface area contributed by atoms with Crippen LogP contribution in [0, 0.1) is 0 Å². The van der Waals surface area contributed by atoms with E-state index in [2.05, 4.69) is 25.5 Å². The van der Waals surface area contributed by atoms with Gasteiger partial charge in [0.2, 0.25) is 5.95 Å². The minimum absolute atomic E-state index is 0.0152. The van der Waals surface area contributed by atoms with Gasteiger partial charge in [-0.15, -0.1) is 18.3 Å². The third-order valence-corrected chi connectivity index (χ3v) is 5.50. The molecule has 0 aliphatic heterocycles. The van der Waals surface area contributed by atoms with Crippen molar-refractivity contribution in [1.82, 2.24) is 19.9 Å². The lowest BCUT2D eigenvalue weighted by Gasteiger charge is -2.14.